The fourth-order valence-electron chi connectivity index (χ4n) is 3.66. The van der Waals surface area contributed by atoms with Gasteiger partial charge in [-0.05, 0) is 102 Å². The normalized spacial score (nSPS) is 15.4. The van der Waals surface area contributed by atoms with Gasteiger partial charge in [-0.3, -0.25) is 14.5 Å². The van der Waals surface area contributed by atoms with E-state index in [-0.39, 0.29) is 11.8 Å². The van der Waals surface area contributed by atoms with Gasteiger partial charge in [0.2, 0.25) is 0 Å². The van der Waals surface area contributed by atoms with Gasteiger partial charge in [-0.25, -0.2) is 4.98 Å². The van der Waals surface area contributed by atoms with Gasteiger partial charge in [-0.1, -0.05) is 12.0 Å². The van der Waals surface area contributed by atoms with Gasteiger partial charge in [-0.2, -0.15) is 0 Å². The van der Waals surface area contributed by atoms with Crippen LogP contribution in [0.25, 0.3) is 0 Å². The molecule has 148 valence electrons. The smallest absolute Gasteiger partial charge is 0.308 e. The number of rotatable bonds is 3. The second-order valence-corrected chi connectivity index (χ2v) is 8.77. The molecule has 0 atom stereocenters. The quantitative estimate of drug-likeness (QED) is 0.471. The van der Waals surface area contributed by atoms with E-state index >= 15 is 0 Å². The number of carbonyl (C=O) groups excluding carboxylic acids is 2. The number of likely N-dealkylation sites (N-methyl/N-ethyl adjacent to an activating group) is 1. The average Bonchev–Trinajstić information content (AvgIpc) is 3.53. The lowest BCUT2D eigenvalue weighted by atomic mass is 10.0. The summed E-state index contributed by atoms with van der Waals surface area (Å²) >= 11 is 2.34. The minimum absolute atomic E-state index is 0.108. The summed E-state index contributed by atoms with van der Waals surface area (Å²) < 4.78 is 1.18. The van der Waals surface area contributed by atoms with Crippen molar-refractivity contribution < 1.29 is 9.59 Å². The van der Waals surface area contributed by atoms with E-state index in [2.05, 4.69) is 45.5 Å². The van der Waals surface area contributed by atoms with Crippen LogP contribution in [0, 0.1) is 22.3 Å². The van der Waals surface area contributed by atoms with E-state index in [1.54, 1.807) is 23.8 Å². The van der Waals surface area contributed by atoms with Gasteiger partial charge in [0.15, 0.2) is 0 Å². The number of fused-ring (bicyclic) bond motifs is 1. The number of nitrogens with zero attached hydrogens (tertiary/aromatic N) is 3. The molecule has 0 N–H and O–H groups in total. The Balaban J connectivity index is 1.89. The van der Waals surface area contributed by atoms with Gasteiger partial charge in [0.25, 0.3) is 5.91 Å². The van der Waals surface area contributed by atoms with Crippen molar-refractivity contribution in [3.05, 3.63) is 50.2 Å². The van der Waals surface area contributed by atoms with Crippen LogP contribution in [-0.2, 0) is 11.2 Å². The van der Waals surface area contributed by atoms with Crippen molar-refractivity contribution in [2.75, 3.05) is 18.5 Å². The van der Waals surface area contributed by atoms with Gasteiger partial charge in [0.1, 0.15) is 11.5 Å². The number of hydrogen-bond acceptors (Lipinski definition) is 3. The summed E-state index contributed by atoms with van der Waals surface area (Å²) in [5, 5.41) is 0. The Morgan fingerprint density at radius 2 is 2.07 bits per heavy atom. The molecule has 1 fully saturated rings. The van der Waals surface area contributed by atoms with Crippen molar-refractivity contribution in [1.82, 2.24) is 9.88 Å². The number of aromatic nitrogens is 1. The molecular weight excluding hydrogens is 477 g/mol. The molecule has 1 aromatic heterocycles. The summed E-state index contributed by atoms with van der Waals surface area (Å²) in [7, 11) is 1.78. The molecule has 1 aromatic carbocycles. The maximum absolute atomic E-state index is 13.1. The molecular formula is C23H22IN3O2. The molecule has 0 unspecified atom stereocenters. The Bertz CT molecular complexity index is 1080. The molecule has 5 nitrogen and oxygen atoms in total. The minimum atomic E-state index is -0.334. The molecule has 1 aliphatic heterocycles. The highest BCUT2D eigenvalue weighted by Gasteiger charge is 2.32. The molecule has 29 heavy (non-hydrogen) atoms. The van der Waals surface area contributed by atoms with E-state index in [0.717, 1.165) is 41.6 Å². The van der Waals surface area contributed by atoms with Crippen molar-refractivity contribution in [2.24, 2.45) is 0 Å². The van der Waals surface area contributed by atoms with Crippen LogP contribution in [0.3, 0.4) is 0 Å². The number of anilines is 2. The van der Waals surface area contributed by atoms with Crippen LogP contribution in [0.4, 0.5) is 11.5 Å². The van der Waals surface area contributed by atoms with Crippen molar-refractivity contribution in [3.8, 4) is 11.8 Å². The second-order valence-electron chi connectivity index (χ2n) is 7.60. The molecule has 2 aliphatic rings. The van der Waals surface area contributed by atoms with Gasteiger partial charge >= 0.3 is 5.91 Å². The third-order valence-electron chi connectivity index (χ3n) is 5.46. The van der Waals surface area contributed by atoms with Crippen LogP contribution in [0.5, 0.6) is 0 Å². The molecule has 6 heteroatoms. The van der Waals surface area contributed by atoms with E-state index in [9.17, 15) is 9.59 Å². The van der Waals surface area contributed by atoms with Crippen molar-refractivity contribution >= 4 is 45.9 Å². The third-order valence-corrected chi connectivity index (χ3v) is 6.62. The molecule has 2 heterocycles. The molecule has 4 rings (SSSR count). The van der Waals surface area contributed by atoms with Gasteiger partial charge in [-0.15, -0.1) is 0 Å². The lowest BCUT2D eigenvalue weighted by Crippen LogP contribution is -2.36. The predicted octanol–water partition coefficient (Wildman–Crippen LogP) is 4.19. The monoisotopic (exact) mass is 499 g/mol. The summed E-state index contributed by atoms with van der Waals surface area (Å²) in [6.07, 6.45) is 3.01. The molecule has 1 aliphatic carbocycles. The number of carbonyl (C=O) groups is 2. The predicted molar refractivity (Wildman–Crippen MR) is 121 cm³/mol. The Morgan fingerprint density at radius 1 is 1.31 bits per heavy atom. The first-order chi connectivity index (χ1) is 13.9. The maximum atomic E-state index is 13.1. The molecule has 2 amide bonds. The summed E-state index contributed by atoms with van der Waals surface area (Å²) in [6, 6.07) is 7.95. The van der Waals surface area contributed by atoms with Crippen LogP contribution in [0.1, 0.15) is 52.9 Å². The van der Waals surface area contributed by atoms with E-state index in [4.69, 9.17) is 0 Å². The summed E-state index contributed by atoms with van der Waals surface area (Å²) in [5.41, 5.74) is 4.42. The average molecular weight is 499 g/mol. The number of amides is 2. The number of hydrogen-bond donors (Lipinski definition) is 0. The Hall–Kier alpha value is -2.40. The number of aryl methyl sites for hydroxylation is 1. The van der Waals surface area contributed by atoms with Crippen LogP contribution >= 0.6 is 22.6 Å². The Labute approximate surface area is 184 Å². The first kappa shape index (κ1) is 19.9. The summed E-state index contributed by atoms with van der Waals surface area (Å²) in [4.78, 5) is 33.6. The minimum Gasteiger partial charge on any atom is -0.340 e. The zero-order valence-electron chi connectivity index (χ0n) is 16.8. The maximum Gasteiger partial charge on any atom is 0.308 e. The number of benzene rings is 1. The fourth-order valence-corrected chi connectivity index (χ4v) is 4.15. The van der Waals surface area contributed by atoms with Crippen molar-refractivity contribution in [1.29, 1.82) is 0 Å². The second kappa shape index (κ2) is 7.79. The first-order valence-electron chi connectivity index (χ1n) is 9.73. The molecule has 0 radical (unpaired) electrons. The van der Waals surface area contributed by atoms with E-state index in [1.807, 2.05) is 25.1 Å². The molecule has 2 aromatic rings. The summed E-state index contributed by atoms with van der Waals surface area (Å²) in [5.74, 6) is 5.83. The van der Waals surface area contributed by atoms with Crippen LogP contribution < -0.4 is 4.90 Å². The molecule has 0 spiro atoms. The van der Waals surface area contributed by atoms with Gasteiger partial charge in [0.05, 0.1) is 5.69 Å². The summed E-state index contributed by atoms with van der Waals surface area (Å²) in [6.45, 7) is 4.36. The van der Waals surface area contributed by atoms with Gasteiger partial charge < -0.3 is 4.90 Å². The van der Waals surface area contributed by atoms with Crippen LogP contribution in [-0.4, -0.2) is 35.3 Å². The Kier molecular flexibility index (Phi) is 5.34. The highest BCUT2D eigenvalue weighted by molar-refractivity contribution is 14.1. The van der Waals surface area contributed by atoms with Crippen molar-refractivity contribution in [2.45, 2.75) is 39.0 Å². The molecule has 0 bridgehead atoms. The zero-order chi connectivity index (χ0) is 20.7. The van der Waals surface area contributed by atoms with E-state index in [1.165, 1.54) is 3.57 Å². The highest BCUT2D eigenvalue weighted by atomic mass is 127. The Morgan fingerprint density at radius 3 is 2.76 bits per heavy atom. The van der Waals surface area contributed by atoms with Gasteiger partial charge in [0, 0.05) is 17.2 Å². The zero-order valence-corrected chi connectivity index (χ0v) is 18.9. The van der Waals surface area contributed by atoms with E-state index < -0.39 is 0 Å². The molecule has 0 saturated heterocycles. The number of pyridine rings is 1. The highest BCUT2D eigenvalue weighted by Crippen LogP contribution is 2.46. The van der Waals surface area contributed by atoms with Crippen LogP contribution in [0.15, 0.2) is 24.3 Å². The topological polar surface area (TPSA) is 53.5 Å². The lowest BCUT2D eigenvalue weighted by Gasteiger charge is -2.27. The molecule has 1 saturated carbocycles. The van der Waals surface area contributed by atoms with E-state index in [0.29, 0.717) is 24.0 Å². The SMILES string of the molecule is CC#CC(=O)N(c1ccc2c(n1)C(=O)N(C)CC2)c1cc(C)c(I)cc1C1CC1. The largest absolute Gasteiger partial charge is 0.340 e. The lowest BCUT2D eigenvalue weighted by molar-refractivity contribution is -0.112. The third kappa shape index (κ3) is 3.76. The first-order valence-corrected chi connectivity index (χ1v) is 10.8. The fraction of sp³-hybridized carbons (Fsp3) is 0.348. The number of halogens is 1. The standard InChI is InChI=1S/C23H22IN3O2/c1-4-5-21(28)27(19-12-14(2)18(24)13-17(19)15-6-7-15)20-9-8-16-10-11-26(3)23(29)22(16)25-20/h8-9,12-13,15H,6-7,10-11H2,1-3H3. The van der Waals surface area contributed by atoms with Crippen molar-refractivity contribution in [3.63, 3.8) is 0 Å². The van der Waals surface area contributed by atoms with Crippen LogP contribution in [0.2, 0.25) is 0 Å².